The van der Waals surface area contributed by atoms with Crippen LogP contribution in [0, 0.1) is 5.41 Å². The van der Waals surface area contributed by atoms with Crippen molar-refractivity contribution in [3.8, 4) is 11.1 Å². The molecule has 1 amide bonds. The number of carbonyl (C=O) groups is 1. The van der Waals surface area contributed by atoms with E-state index in [2.05, 4.69) is 31.2 Å². The number of nitrogens with one attached hydrogen (secondary N) is 2. The van der Waals surface area contributed by atoms with Gasteiger partial charge in [-0.3, -0.25) is 20.1 Å². The molecule has 0 spiro atoms. The van der Waals surface area contributed by atoms with E-state index in [1.54, 1.807) is 18.3 Å². The van der Waals surface area contributed by atoms with Crippen molar-refractivity contribution in [2.45, 2.75) is 38.6 Å². The van der Waals surface area contributed by atoms with Crippen LogP contribution in [0.4, 0.5) is 17.2 Å². The summed E-state index contributed by atoms with van der Waals surface area (Å²) in [5, 5.41) is 11.3. The van der Waals surface area contributed by atoms with Gasteiger partial charge in [-0.25, -0.2) is 4.98 Å². The number of hydrogen-bond acceptors (Lipinski definition) is 7. The monoisotopic (exact) mass is 483 g/mol. The number of aromatic nitrogens is 2. The number of amides is 1. The molecule has 2 saturated heterocycles. The van der Waals surface area contributed by atoms with Gasteiger partial charge >= 0.3 is 0 Å². The summed E-state index contributed by atoms with van der Waals surface area (Å²) < 4.78 is 0. The lowest BCUT2D eigenvalue weighted by Gasteiger charge is -2.26. The molecule has 186 valence electrons. The third kappa shape index (κ3) is 5.54. The molecule has 0 bridgehead atoms. The number of pyridine rings is 2. The Balaban J connectivity index is 1.29. The maximum absolute atomic E-state index is 12.9. The van der Waals surface area contributed by atoms with Crippen LogP contribution >= 0.6 is 0 Å². The smallest absolute Gasteiger partial charge is 0.274 e. The molecule has 3 aromatic rings. The maximum Gasteiger partial charge on any atom is 0.274 e. The first-order chi connectivity index (χ1) is 17.6. The predicted octanol–water partition coefficient (Wildman–Crippen LogP) is 4.32. The summed E-state index contributed by atoms with van der Waals surface area (Å²) in [6.07, 6.45) is 11.5. The molecule has 2 aliphatic heterocycles. The zero-order valence-electron chi connectivity index (χ0n) is 20.5. The quantitative estimate of drug-likeness (QED) is 0.341. The summed E-state index contributed by atoms with van der Waals surface area (Å²) >= 11 is 0. The van der Waals surface area contributed by atoms with Crippen molar-refractivity contribution >= 4 is 28.8 Å². The van der Waals surface area contributed by atoms with Gasteiger partial charge in [0.25, 0.3) is 5.91 Å². The molecule has 36 heavy (non-hydrogen) atoms. The number of likely N-dealkylation sites (tertiary alicyclic amines) is 1. The Hall–Kier alpha value is -3.78. The first-order valence-electron chi connectivity index (χ1n) is 12.7. The third-order valence-electron chi connectivity index (χ3n) is 6.97. The number of rotatable bonds is 7. The molecule has 8 heteroatoms. The van der Waals surface area contributed by atoms with Crippen molar-refractivity contribution in [2.24, 2.45) is 0 Å². The number of carbonyl (C=O) groups excluding carboxylic acids is 1. The number of nitrogens with zero attached hydrogens (tertiary/aromatic N) is 4. The molecule has 2 fully saturated rings. The average molecular weight is 484 g/mol. The zero-order valence-corrected chi connectivity index (χ0v) is 20.5. The first-order valence-corrected chi connectivity index (χ1v) is 12.7. The van der Waals surface area contributed by atoms with Crippen LogP contribution in [0.5, 0.6) is 0 Å². The van der Waals surface area contributed by atoms with Crippen molar-refractivity contribution < 1.29 is 4.79 Å². The van der Waals surface area contributed by atoms with Crippen molar-refractivity contribution in [2.75, 3.05) is 42.1 Å². The molecule has 0 saturated carbocycles. The normalized spacial score (nSPS) is 16.2. The van der Waals surface area contributed by atoms with Crippen LogP contribution in [0.25, 0.3) is 11.1 Å². The van der Waals surface area contributed by atoms with Gasteiger partial charge in [0.2, 0.25) is 0 Å². The Morgan fingerprint density at radius 3 is 2.44 bits per heavy atom. The van der Waals surface area contributed by atoms with E-state index in [0.29, 0.717) is 16.9 Å². The Bertz CT molecular complexity index is 1230. The van der Waals surface area contributed by atoms with Gasteiger partial charge in [-0.2, -0.15) is 0 Å². The molecule has 0 unspecified atom stereocenters. The number of anilines is 3. The van der Waals surface area contributed by atoms with E-state index in [4.69, 9.17) is 11.1 Å². The molecule has 8 nitrogen and oxygen atoms in total. The highest BCUT2D eigenvalue weighted by Gasteiger charge is 2.18. The van der Waals surface area contributed by atoms with Crippen LogP contribution in [0.3, 0.4) is 0 Å². The Labute approximate surface area is 212 Å². The lowest BCUT2D eigenvalue weighted by Crippen LogP contribution is -2.29. The van der Waals surface area contributed by atoms with Crippen LogP contribution < -0.4 is 16.0 Å². The summed E-state index contributed by atoms with van der Waals surface area (Å²) in [4.78, 5) is 26.5. The van der Waals surface area contributed by atoms with E-state index >= 15 is 0 Å². The summed E-state index contributed by atoms with van der Waals surface area (Å²) in [6.45, 7) is 5.15. The number of nitrogens with two attached hydrogens (primary N) is 1. The minimum absolute atomic E-state index is 0.185. The van der Waals surface area contributed by atoms with Crippen LogP contribution in [0.15, 0.2) is 55.0 Å². The topological polar surface area (TPSA) is 111 Å². The molecule has 2 aliphatic rings. The van der Waals surface area contributed by atoms with Crippen LogP contribution in [-0.2, 0) is 11.3 Å². The molecule has 0 radical (unpaired) electrons. The average Bonchev–Trinajstić information content (AvgIpc) is 3.45. The fourth-order valence-electron chi connectivity index (χ4n) is 4.97. The number of nitrogen functional groups attached to an aromatic ring is 1. The lowest BCUT2D eigenvalue weighted by atomic mass is 9.99. The first kappa shape index (κ1) is 23.9. The molecule has 0 atom stereocenters. The van der Waals surface area contributed by atoms with Gasteiger partial charge in [0.05, 0.1) is 11.9 Å². The van der Waals surface area contributed by atoms with Gasteiger partial charge in [0.1, 0.15) is 11.5 Å². The van der Waals surface area contributed by atoms with Crippen LogP contribution in [0.2, 0.25) is 0 Å². The molecule has 4 heterocycles. The molecular formula is C28H33N7O. The summed E-state index contributed by atoms with van der Waals surface area (Å²) in [5.74, 6) is 0.389. The second kappa shape index (κ2) is 10.9. The van der Waals surface area contributed by atoms with Crippen molar-refractivity contribution in [3.63, 3.8) is 0 Å². The van der Waals surface area contributed by atoms with Gasteiger partial charge in [0, 0.05) is 48.8 Å². The van der Waals surface area contributed by atoms with Crippen molar-refractivity contribution in [3.05, 3.63) is 66.1 Å². The fourth-order valence-corrected chi connectivity index (χ4v) is 4.97. The zero-order chi connectivity index (χ0) is 24.9. The second-order valence-electron chi connectivity index (χ2n) is 9.65. The predicted molar refractivity (Wildman–Crippen MR) is 144 cm³/mol. The number of benzene rings is 1. The molecule has 4 N–H and O–H groups in total. The van der Waals surface area contributed by atoms with Crippen LogP contribution in [0.1, 0.15) is 43.2 Å². The minimum atomic E-state index is -0.522. The maximum atomic E-state index is 12.9. The number of piperidine rings is 1. The Kier molecular flexibility index (Phi) is 7.23. The molecular weight excluding hydrogens is 450 g/mol. The van der Waals surface area contributed by atoms with E-state index in [1.165, 1.54) is 32.1 Å². The SMILES string of the molecule is N=C(C(=O)Nc1ccc(N2CCCC2)nc1)c1cc(-c2cncc(CN3CCCCC3)c2)ccc1N. The van der Waals surface area contributed by atoms with Gasteiger partial charge in [-0.05, 0) is 80.2 Å². The van der Waals surface area contributed by atoms with Gasteiger partial charge < -0.3 is 16.0 Å². The third-order valence-corrected chi connectivity index (χ3v) is 6.97. The lowest BCUT2D eigenvalue weighted by molar-refractivity contribution is -0.110. The number of hydrogen-bond donors (Lipinski definition) is 3. The highest BCUT2D eigenvalue weighted by Crippen LogP contribution is 2.26. The summed E-state index contributed by atoms with van der Waals surface area (Å²) in [6, 6.07) is 11.3. The van der Waals surface area contributed by atoms with Gasteiger partial charge in [0.15, 0.2) is 0 Å². The molecule has 1 aromatic carbocycles. The van der Waals surface area contributed by atoms with Crippen molar-refractivity contribution in [1.82, 2.24) is 14.9 Å². The molecule has 5 rings (SSSR count). The summed E-state index contributed by atoms with van der Waals surface area (Å²) in [7, 11) is 0. The standard InChI is InChI=1S/C28H33N7O/c29-25-8-6-21(22-14-20(16-31-17-22)19-34-10-2-1-3-11-34)15-24(25)27(30)28(36)33-23-7-9-26(32-18-23)35-12-4-5-13-35/h6-9,14-18,30H,1-5,10-13,19,29H2,(H,33,36). The second-order valence-corrected chi connectivity index (χ2v) is 9.65. The van der Waals surface area contributed by atoms with E-state index in [-0.39, 0.29) is 5.71 Å². The largest absolute Gasteiger partial charge is 0.398 e. The van der Waals surface area contributed by atoms with Gasteiger partial charge in [-0.15, -0.1) is 0 Å². The van der Waals surface area contributed by atoms with Gasteiger partial charge in [-0.1, -0.05) is 12.5 Å². The van der Waals surface area contributed by atoms with E-state index in [9.17, 15) is 4.79 Å². The molecule has 2 aromatic heterocycles. The van der Waals surface area contributed by atoms with E-state index in [1.807, 2.05) is 30.6 Å². The Morgan fingerprint density at radius 1 is 0.917 bits per heavy atom. The Morgan fingerprint density at radius 2 is 1.69 bits per heavy atom. The minimum Gasteiger partial charge on any atom is -0.398 e. The summed E-state index contributed by atoms with van der Waals surface area (Å²) in [5.41, 5.74) is 10.3. The highest BCUT2D eigenvalue weighted by atomic mass is 16.1. The van der Waals surface area contributed by atoms with Crippen LogP contribution in [-0.4, -0.2) is 52.7 Å². The highest BCUT2D eigenvalue weighted by molar-refractivity contribution is 6.48. The molecule has 0 aliphatic carbocycles. The van der Waals surface area contributed by atoms with E-state index in [0.717, 1.165) is 55.2 Å². The fraction of sp³-hybridized carbons (Fsp3) is 0.357. The van der Waals surface area contributed by atoms with Crippen molar-refractivity contribution in [1.29, 1.82) is 5.41 Å². The van der Waals surface area contributed by atoms with E-state index < -0.39 is 5.91 Å².